The van der Waals surface area contributed by atoms with Crippen LogP contribution in [0.5, 0.6) is 0 Å². The summed E-state index contributed by atoms with van der Waals surface area (Å²) in [5.41, 5.74) is 2.72. The zero-order valence-electron chi connectivity index (χ0n) is 18.7. The molecule has 4 aromatic rings. The average molecular weight is 464 g/mol. The van der Waals surface area contributed by atoms with Crippen LogP contribution in [0.2, 0.25) is 0 Å². The summed E-state index contributed by atoms with van der Waals surface area (Å²) in [6.07, 6.45) is 0.754. The van der Waals surface area contributed by atoms with Crippen molar-refractivity contribution in [2.45, 2.75) is 30.7 Å². The van der Waals surface area contributed by atoms with Crippen molar-refractivity contribution in [3.63, 3.8) is 0 Å². The van der Waals surface area contributed by atoms with Crippen LogP contribution in [0.1, 0.15) is 18.2 Å². The molecule has 0 aliphatic heterocycles. The van der Waals surface area contributed by atoms with E-state index >= 15 is 0 Å². The number of hydrogen-bond acceptors (Lipinski definition) is 6. The highest BCUT2D eigenvalue weighted by Gasteiger charge is 2.24. The molecule has 0 spiro atoms. The molecular formula is C23H25N7O2S. The molecule has 10 heteroatoms. The monoisotopic (exact) mass is 463 g/mol. The van der Waals surface area contributed by atoms with Gasteiger partial charge in [0.1, 0.15) is 0 Å². The van der Waals surface area contributed by atoms with Crippen molar-refractivity contribution in [3.05, 3.63) is 82.3 Å². The molecule has 1 unspecified atom stereocenters. The summed E-state index contributed by atoms with van der Waals surface area (Å²) in [6.45, 7) is 4.17. The molecule has 4 rings (SSSR count). The fraction of sp³-hybridized carbons (Fsp3) is 0.261. The van der Waals surface area contributed by atoms with Crippen LogP contribution in [0, 0.1) is 6.92 Å². The Balaban J connectivity index is 1.50. The summed E-state index contributed by atoms with van der Waals surface area (Å²) in [5, 5.41) is 14.8. The molecule has 2 aromatic carbocycles. The Kier molecular flexibility index (Phi) is 6.74. The standard InChI is InChI=1S/C23H25N7O2S/c1-16-20(22(32)30(28(16)3)19-12-8-5-9-13-19)29-23(25-26-27-29)33-17(2)21(31)24-15-14-18-10-6-4-7-11-18/h4-13,17H,14-15H2,1-3H3,(H,24,31). The molecule has 0 radical (unpaired) electrons. The van der Waals surface area contributed by atoms with Gasteiger partial charge in [-0.3, -0.25) is 14.3 Å². The predicted molar refractivity (Wildman–Crippen MR) is 127 cm³/mol. The van der Waals surface area contributed by atoms with Gasteiger partial charge >= 0.3 is 0 Å². The van der Waals surface area contributed by atoms with Crippen molar-refractivity contribution in [3.8, 4) is 11.4 Å². The lowest BCUT2D eigenvalue weighted by Gasteiger charge is -2.11. The Morgan fingerprint density at radius 3 is 2.45 bits per heavy atom. The van der Waals surface area contributed by atoms with Crippen molar-refractivity contribution in [1.82, 2.24) is 34.9 Å². The van der Waals surface area contributed by atoms with E-state index < -0.39 is 5.25 Å². The van der Waals surface area contributed by atoms with Gasteiger partial charge in [0, 0.05) is 13.6 Å². The number of thioether (sulfide) groups is 1. The maximum atomic E-state index is 13.3. The van der Waals surface area contributed by atoms with E-state index in [2.05, 4.69) is 20.8 Å². The van der Waals surface area contributed by atoms with E-state index in [9.17, 15) is 9.59 Å². The number of tetrazole rings is 1. The largest absolute Gasteiger partial charge is 0.355 e. The van der Waals surface area contributed by atoms with Crippen LogP contribution in [0.3, 0.4) is 0 Å². The molecule has 1 atom stereocenters. The minimum Gasteiger partial charge on any atom is -0.355 e. The lowest BCUT2D eigenvalue weighted by molar-refractivity contribution is -0.120. The first kappa shape index (κ1) is 22.5. The zero-order chi connectivity index (χ0) is 23.4. The van der Waals surface area contributed by atoms with Gasteiger partial charge in [-0.05, 0) is 48.4 Å². The fourth-order valence-corrected chi connectivity index (χ4v) is 4.34. The summed E-state index contributed by atoms with van der Waals surface area (Å²) >= 11 is 1.21. The normalized spacial score (nSPS) is 12.0. The van der Waals surface area contributed by atoms with Gasteiger partial charge in [0.2, 0.25) is 11.1 Å². The number of rotatable bonds is 8. The SMILES string of the molecule is Cc1c(-n2nnnc2SC(C)C(=O)NCCc2ccccc2)c(=O)n(-c2ccccc2)n1C. The first-order valence-corrected chi connectivity index (χ1v) is 11.5. The number of carbonyl (C=O) groups excluding carboxylic acids is 1. The van der Waals surface area contributed by atoms with Crippen LogP contribution in [0.25, 0.3) is 11.4 Å². The Morgan fingerprint density at radius 1 is 1.09 bits per heavy atom. The summed E-state index contributed by atoms with van der Waals surface area (Å²) < 4.78 is 4.75. The topological polar surface area (TPSA) is 99.6 Å². The average Bonchev–Trinajstić information content (AvgIpc) is 3.36. The Morgan fingerprint density at radius 2 is 1.76 bits per heavy atom. The first-order valence-electron chi connectivity index (χ1n) is 10.6. The predicted octanol–water partition coefficient (Wildman–Crippen LogP) is 2.30. The third-order valence-electron chi connectivity index (χ3n) is 5.38. The molecule has 1 amide bonds. The molecule has 0 aliphatic rings. The lowest BCUT2D eigenvalue weighted by Crippen LogP contribution is -2.32. The molecule has 170 valence electrons. The molecule has 2 aromatic heterocycles. The van der Waals surface area contributed by atoms with Gasteiger partial charge < -0.3 is 5.32 Å². The summed E-state index contributed by atoms with van der Waals surface area (Å²) in [5.74, 6) is -0.114. The molecule has 2 heterocycles. The third kappa shape index (κ3) is 4.75. The Bertz CT molecular complexity index is 1300. The van der Waals surface area contributed by atoms with Crippen molar-refractivity contribution < 1.29 is 4.79 Å². The molecule has 0 fully saturated rings. The number of nitrogens with one attached hydrogen (secondary N) is 1. The lowest BCUT2D eigenvalue weighted by atomic mass is 10.1. The fourth-order valence-electron chi connectivity index (χ4n) is 3.52. The minimum atomic E-state index is -0.439. The third-order valence-corrected chi connectivity index (χ3v) is 6.42. The van der Waals surface area contributed by atoms with Crippen LogP contribution in [0.4, 0.5) is 0 Å². The summed E-state index contributed by atoms with van der Waals surface area (Å²) in [7, 11) is 1.81. The van der Waals surface area contributed by atoms with Gasteiger partial charge in [0.25, 0.3) is 5.56 Å². The maximum Gasteiger partial charge on any atom is 0.297 e. The van der Waals surface area contributed by atoms with Gasteiger partial charge in [-0.25, -0.2) is 4.68 Å². The second kappa shape index (κ2) is 9.86. The number of aromatic nitrogens is 6. The number of hydrogen-bond donors (Lipinski definition) is 1. The van der Waals surface area contributed by atoms with Crippen LogP contribution >= 0.6 is 11.8 Å². The Hall–Kier alpha value is -3.66. The minimum absolute atomic E-state index is 0.114. The van der Waals surface area contributed by atoms with Crippen molar-refractivity contribution in [1.29, 1.82) is 0 Å². The molecule has 9 nitrogen and oxygen atoms in total. The smallest absolute Gasteiger partial charge is 0.297 e. The van der Waals surface area contributed by atoms with Gasteiger partial charge in [-0.1, -0.05) is 60.3 Å². The second-order valence-electron chi connectivity index (χ2n) is 7.57. The van der Waals surface area contributed by atoms with Gasteiger partial charge in [0.15, 0.2) is 5.69 Å². The Labute approximate surface area is 195 Å². The van der Waals surface area contributed by atoms with E-state index in [0.29, 0.717) is 23.1 Å². The molecule has 33 heavy (non-hydrogen) atoms. The zero-order valence-corrected chi connectivity index (χ0v) is 19.5. The molecular weight excluding hydrogens is 438 g/mol. The number of carbonyl (C=O) groups is 1. The second-order valence-corrected chi connectivity index (χ2v) is 8.88. The van der Waals surface area contributed by atoms with Gasteiger partial charge in [0.05, 0.1) is 16.6 Å². The number of para-hydroxylation sites is 1. The summed E-state index contributed by atoms with van der Waals surface area (Å²) in [4.78, 5) is 25.9. The van der Waals surface area contributed by atoms with Crippen molar-refractivity contribution in [2.75, 3.05) is 6.54 Å². The van der Waals surface area contributed by atoms with E-state index in [4.69, 9.17) is 0 Å². The van der Waals surface area contributed by atoms with Crippen LogP contribution < -0.4 is 10.9 Å². The molecule has 0 bridgehead atoms. The van der Waals surface area contributed by atoms with E-state index in [1.54, 1.807) is 16.3 Å². The molecule has 0 saturated carbocycles. The van der Waals surface area contributed by atoms with E-state index in [1.165, 1.54) is 16.4 Å². The number of benzene rings is 2. The van der Waals surface area contributed by atoms with Crippen molar-refractivity contribution in [2.24, 2.45) is 7.05 Å². The van der Waals surface area contributed by atoms with Crippen LogP contribution in [0.15, 0.2) is 70.6 Å². The van der Waals surface area contributed by atoms with E-state index in [0.717, 1.165) is 17.7 Å². The molecule has 0 aliphatic carbocycles. The molecule has 0 saturated heterocycles. The van der Waals surface area contributed by atoms with Crippen LogP contribution in [-0.4, -0.2) is 47.3 Å². The highest BCUT2D eigenvalue weighted by atomic mass is 32.2. The van der Waals surface area contributed by atoms with Gasteiger partial charge in [-0.2, -0.15) is 4.68 Å². The van der Waals surface area contributed by atoms with E-state index in [1.807, 2.05) is 74.6 Å². The quantitative estimate of drug-likeness (QED) is 0.403. The van der Waals surface area contributed by atoms with Gasteiger partial charge in [-0.15, -0.1) is 5.10 Å². The highest BCUT2D eigenvalue weighted by molar-refractivity contribution is 8.00. The van der Waals surface area contributed by atoms with E-state index in [-0.39, 0.29) is 11.5 Å². The number of nitrogens with zero attached hydrogens (tertiary/aromatic N) is 6. The van der Waals surface area contributed by atoms with Crippen LogP contribution in [-0.2, 0) is 18.3 Å². The van der Waals surface area contributed by atoms with Crippen molar-refractivity contribution >= 4 is 17.7 Å². The number of amides is 1. The summed E-state index contributed by atoms with van der Waals surface area (Å²) in [6, 6.07) is 19.4. The maximum absolute atomic E-state index is 13.3. The highest BCUT2D eigenvalue weighted by Crippen LogP contribution is 2.23. The molecule has 1 N–H and O–H groups in total. The first-order chi connectivity index (χ1) is 16.0.